The highest BCUT2D eigenvalue weighted by Gasteiger charge is 2.27. The lowest BCUT2D eigenvalue weighted by Gasteiger charge is -2.24. The normalized spacial score (nSPS) is 14.6. The Morgan fingerprint density at radius 3 is 2.10 bits per heavy atom. The number of unbranched alkanes of at least 4 members (excludes halogenated alkanes) is 7. The Balaban J connectivity index is 1.41. The maximum absolute atomic E-state index is 12.9. The second-order valence-electron chi connectivity index (χ2n) is 11.2. The number of hydrogen-bond donors (Lipinski definition) is 0. The van der Waals surface area contributed by atoms with Crippen LogP contribution in [0.5, 0.6) is 11.5 Å². The van der Waals surface area contributed by atoms with Gasteiger partial charge in [0.1, 0.15) is 17.6 Å². The van der Waals surface area contributed by atoms with Gasteiger partial charge >= 0.3 is 11.9 Å². The lowest BCUT2D eigenvalue weighted by atomic mass is 9.84. The Kier molecular flexibility index (Phi) is 14.1. The van der Waals surface area contributed by atoms with E-state index in [-0.39, 0.29) is 24.0 Å². The second-order valence-corrected chi connectivity index (χ2v) is 11.2. The number of fused-ring (bicyclic) bond motifs is 1. The molecule has 0 aliphatic heterocycles. The van der Waals surface area contributed by atoms with Crippen molar-refractivity contribution in [3.8, 4) is 11.5 Å². The third-order valence-corrected chi connectivity index (χ3v) is 7.81. The molecule has 0 saturated heterocycles. The van der Waals surface area contributed by atoms with Crippen molar-refractivity contribution in [3.05, 3.63) is 59.2 Å². The number of esters is 2. The van der Waals surface area contributed by atoms with Crippen LogP contribution in [0.3, 0.4) is 0 Å². The van der Waals surface area contributed by atoms with Gasteiger partial charge in [0.05, 0.1) is 18.1 Å². The molecule has 5 nitrogen and oxygen atoms in total. The molecule has 0 spiro atoms. The number of aryl methyl sites for hydroxylation is 1. The maximum Gasteiger partial charge on any atom is 0.338 e. The van der Waals surface area contributed by atoms with E-state index in [1.54, 1.807) is 24.3 Å². The molecule has 0 bridgehead atoms. The van der Waals surface area contributed by atoms with Gasteiger partial charge in [-0.3, -0.25) is 4.79 Å². The van der Waals surface area contributed by atoms with Crippen LogP contribution in [0.2, 0.25) is 0 Å². The van der Waals surface area contributed by atoms with Gasteiger partial charge in [-0.2, -0.15) is 0 Å². The van der Waals surface area contributed by atoms with Crippen LogP contribution in [0.1, 0.15) is 126 Å². The zero-order valence-corrected chi connectivity index (χ0v) is 25.1. The first-order valence-corrected chi connectivity index (χ1v) is 15.8. The van der Waals surface area contributed by atoms with Gasteiger partial charge in [-0.25, -0.2) is 4.79 Å². The highest BCUT2D eigenvalue weighted by atomic mass is 16.5. The number of carbonyl (C=O) groups excluding carboxylic acids is 2. The first kappa shape index (κ1) is 31.7. The Bertz CT molecular complexity index is 1020. The van der Waals surface area contributed by atoms with Gasteiger partial charge in [0, 0.05) is 0 Å². The highest BCUT2D eigenvalue weighted by Crippen LogP contribution is 2.30. The lowest BCUT2D eigenvalue weighted by Crippen LogP contribution is -2.26. The second kappa shape index (κ2) is 17.8. The molecule has 1 atom stereocenters. The molecule has 1 aliphatic rings. The molecule has 0 radical (unpaired) electrons. The van der Waals surface area contributed by atoms with Crippen molar-refractivity contribution in [2.24, 2.45) is 5.92 Å². The van der Waals surface area contributed by atoms with Gasteiger partial charge < -0.3 is 14.2 Å². The fraction of sp³-hybridized carbons (Fsp3) is 0.600. The minimum atomic E-state index is -0.324. The summed E-state index contributed by atoms with van der Waals surface area (Å²) >= 11 is 0. The average molecular weight is 551 g/mol. The molecule has 0 aromatic heterocycles. The minimum absolute atomic E-state index is 0.0493. The summed E-state index contributed by atoms with van der Waals surface area (Å²) in [6.07, 6.45) is 16.2. The van der Waals surface area contributed by atoms with Crippen LogP contribution in [0.4, 0.5) is 0 Å². The molecular formula is C35H50O5. The fourth-order valence-corrected chi connectivity index (χ4v) is 5.43. The van der Waals surface area contributed by atoms with Gasteiger partial charge in [0.2, 0.25) is 0 Å². The average Bonchev–Trinajstić information content (AvgIpc) is 2.96. The van der Waals surface area contributed by atoms with Crippen LogP contribution in [0.25, 0.3) is 0 Å². The van der Waals surface area contributed by atoms with Crippen molar-refractivity contribution in [3.63, 3.8) is 0 Å². The fourth-order valence-electron chi connectivity index (χ4n) is 5.43. The van der Waals surface area contributed by atoms with E-state index in [4.69, 9.17) is 14.2 Å². The maximum atomic E-state index is 12.9. The zero-order valence-electron chi connectivity index (χ0n) is 25.1. The number of hydrogen-bond acceptors (Lipinski definition) is 5. The zero-order chi connectivity index (χ0) is 28.6. The van der Waals surface area contributed by atoms with E-state index >= 15 is 0 Å². The van der Waals surface area contributed by atoms with Gasteiger partial charge in [0.15, 0.2) is 0 Å². The number of carbonyl (C=O) groups is 2. The Hall–Kier alpha value is -2.82. The molecule has 0 amide bonds. The monoisotopic (exact) mass is 550 g/mol. The first-order chi connectivity index (χ1) is 19.5. The SMILES string of the molecule is CCCCCCCCCCOc1ccc2c(c1)CCC(C(=O)Oc1ccc(C(=O)OC(CCC)CCC)cc1)C2. The molecule has 2 aromatic carbocycles. The predicted octanol–water partition coefficient (Wildman–Crippen LogP) is 9.04. The van der Waals surface area contributed by atoms with E-state index in [9.17, 15) is 9.59 Å². The van der Waals surface area contributed by atoms with Crippen LogP contribution in [0.15, 0.2) is 42.5 Å². The van der Waals surface area contributed by atoms with E-state index in [0.717, 1.165) is 57.3 Å². The summed E-state index contributed by atoms with van der Waals surface area (Å²) in [6.45, 7) is 7.20. The molecule has 220 valence electrons. The summed E-state index contributed by atoms with van der Waals surface area (Å²) in [6, 6.07) is 13.0. The van der Waals surface area contributed by atoms with Gasteiger partial charge in [-0.05, 0) is 86.1 Å². The summed E-state index contributed by atoms with van der Waals surface area (Å²) in [7, 11) is 0. The smallest absolute Gasteiger partial charge is 0.338 e. The third-order valence-electron chi connectivity index (χ3n) is 7.81. The summed E-state index contributed by atoms with van der Waals surface area (Å²) in [5.41, 5.74) is 2.94. The standard InChI is InChI=1S/C35H50O5/c1-4-7-8-9-10-11-12-13-24-38-33-23-20-28-25-30(17-16-29(28)26-33)35(37)40-32-21-18-27(19-22-32)34(36)39-31(14-5-2)15-6-3/h18-23,26,30-31H,4-17,24-25H2,1-3H3. The van der Waals surface area contributed by atoms with Crippen LogP contribution >= 0.6 is 0 Å². The molecule has 0 fully saturated rings. The Morgan fingerprint density at radius 1 is 0.775 bits per heavy atom. The molecule has 1 aliphatic carbocycles. The van der Waals surface area contributed by atoms with Crippen molar-refractivity contribution in [1.29, 1.82) is 0 Å². The van der Waals surface area contributed by atoms with E-state index in [2.05, 4.69) is 32.9 Å². The molecule has 0 saturated carbocycles. The number of benzene rings is 2. The van der Waals surface area contributed by atoms with Crippen molar-refractivity contribution in [2.45, 2.75) is 123 Å². The van der Waals surface area contributed by atoms with Crippen molar-refractivity contribution in [2.75, 3.05) is 6.61 Å². The minimum Gasteiger partial charge on any atom is -0.494 e. The van der Waals surface area contributed by atoms with Crippen molar-refractivity contribution in [1.82, 2.24) is 0 Å². The lowest BCUT2D eigenvalue weighted by molar-refractivity contribution is -0.139. The molecular weight excluding hydrogens is 500 g/mol. The van der Waals surface area contributed by atoms with Crippen LogP contribution in [-0.4, -0.2) is 24.6 Å². The Morgan fingerprint density at radius 2 is 1.43 bits per heavy atom. The van der Waals surface area contributed by atoms with Crippen LogP contribution in [-0.2, 0) is 22.4 Å². The van der Waals surface area contributed by atoms with Gasteiger partial charge in [-0.1, -0.05) is 84.6 Å². The molecule has 2 aromatic rings. The highest BCUT2D eigenvalue weighted by molar-refractivity contribution is 5.89. The van der Waals surface area contributed by atoms with Crippen molar-refractivity contribution < 1.29 is 23.8 Å². The molecule has 3 rings (SSSR count). The summed E-state index contributed by atoms with van der Waals surface area (Å²) in [4.78, 5) is 25.4. The molecule has 40 heavy (non-hydrogen) atoms. The third kappa shape index (κ3) is 10.6. The van der Waals surface area contributed by atoms with Crippen LogP contribution < -0.4 is 9.47 Å². The quantitative estimate of drug-likeness (QED) is 0.105. The summed E-state index contributed by atoms with van der Waals surface area (Å²) < 4.78 is 17.4. The number of rotatable bonds is 18. The summed E-state index contributed by atoms with van der Waals surface area (Å²) in [5, 5.41) is 0. The van der Waals surface area contributed by atoms with E-state index in [1.807, 2.05) is 6.07 Å². The molecule has 1 unspecified atom stereocenters. The van der Waals surface area contributed by atoms with E-state index in [1.165, 1.54) is 56.1 Å². The topological polar surface area (TPSA) is 61.8 Å². The van der Waals surface area contributed by atoms with E-state index < -0.39 is 0 Å². The van der Waals surface area contributed by atoms with E-state index in [0.29, 0.717) is 17.7 Å². The van der Waals surface area contributed by atoms with Gasteiger partial charge in [0.25, 0.3) is 0 Å². The Labute approximate surface area is 242 Å². The number of ether oxygens (including phenoxy) is 3. The largest absolute Gasteiger partial charge is 0.494 e. The predicted molar refractivity (Wildman–Crippen MR) is 161 cm³/mol. The molecule has 0 N–H and O–H groups in total. The van der Waals surface area contributed by atoms with Crippen LogP contribution in [0, 0.1) is 5.92 Å². The summed E-state index contributed by atoms with van der Waals surface area (Å²) in [5.74, 6) is 0.662. The van der Waals surface area contributed by atoms with Crippen molar-refractivity contribution >= 4 is 11.9 Å². The molecule has 0 heterocycles. The van der Waals surface area contributed by atoms with Gasteiger partial charge in [-0.15, -0.1) is 0 Å². The molecule has 5 heteroatoms. The first-order valence-electron chi connectivity index (χ1n) is 15.8.